The molecule has 0 aliphatic carbocycles. The van der Waals surface area contributed by atoms with E-state index in [0.717, 1.165) is 40.7 Å². The van der Waals surface area contributed by atoms with Crippen LogP contribution in [0, 0.1) is 0 Å². The van der Waals surface area contributed by atoms with E-state index in [0.29, 0.717) is 18.0 Å². The zero-order valence-corrected chi connectivity index (χ0v) is 20.9. The SMILES string of the molecule is CC1=C(c2cccc(O)c2)C(c2ccc(OCC(C(F)F)N3CCCC3C)cc2)Oc2ccc(O)cc21. The first-order chi connectivity index (χ1) is 17.8. The lowest BCUT2D eigenvalue weighted by atomic mass is 9.86. The van der Waals surface area contributed by atoms with Crippen LogP contribution in [0.3, 0.4) is 0 Å². The molecule has 2 heterocycles. The Balaban J connectivity index is 1.42. The maximum atomic E-state index is 13.8. The number of nitrogens with zero attached hydrogens (tertiary/aromatic N) is 1. The van der Waals surface area contributed by atoms with Crippen LogP contribution in [0.2, 0.25) is 0 Å². The van der Waals surface area contributed by atoms with Crippen molar-refractivity contribution in [2.75, 3.05) is 13.2 Å². The fourth-order valence-corrected chi connectivity index (χ4v) is 5.40. The van der Waals surface area contributed by atoms with Gasteiger partial charge in [-0.25, -0.2) is 8.78 Å². The largest absolute Gasteiger partial charge is 0.508 e. The van der Waals surface area contributed by atoms with Gasteiger partial charge in [-0.3, -0.25) is 4.90 Å². The summed E-state index contributed by atoms with van der Waals surface area (Å²) < 4.78 is 39.8. The summed E-state index contributed by atoms with van der Waals surface area (Å²) >= 11 is 0. The Labute approximate surface area is 215 Å². The van der Waals surface area contributed by atoms with Crippen LogP contribution in [-0.2, 0) is 0 Å². The van der Waals surface area contributed by atoms with Crippen LogP contribution in [0.25, 0.3) is 11.1 Å². The summed E-state index contributed by atoms with van der Waals surface area (Å²) in [4.78, 5) is 1.85. The van der Waals surface area contributed by atoms with E-state index in [1.165, 1.54) is 0 Å². The maximum Gasteiger partial charge on any atom is 0.257 e. The van der Waals surface area contributed by atoms with Gasteiger partial charge in [-0.1, -0.05) is 24.3 Å². The highest BCUT2D eigenvalue weighted by molar-refractivity contribution is 5.95. The number of ether oxygens (including phenoxy) is 2. The molecule has 3 atom stereocenters. The van der Waals surface area contributed by atoms with Crippen molar-refractivity contribution < 1.29 is 28.5 Å². The minimum atomic E-state index is -2.48. The molecule has 3 unspecified atom stereocenters. The van der Waals surface area contributed by atoms with Crippen LogP contribution in [0.4, 0.5) is 8.78 Å². The molecule has 5 rings (SSSR count). The maximum absolute atomic E-state index is 13.8. The van der Waals surface area contributed by atoms with E-state index in [-0.39, 0.29) is 24.1 Å². The van der Waals surface area contributed by atoms with E-state index in [1.807, 2.05) is 36.9 Å². The smallest absolute Gasteiger partial charge is 0.257 e. The number of allylic oxidation sites excluding steroid dienone is 1. The summed E-state index contributed by atoms with van der Waals surface area (Å²) in [6, 6.07) is 18.5. The Morgan fingerprint density at radius 2 is 1.78 bits per heavy atom. The summed E-state index contributed by atoms with van der Waals surface area (Å²) in [5.41, 5.74) is 4.22. The van der Waals surface area contributed by atoms with Gasteiger partial charge >= 0.3 is 0 Å². The molecule has 0 spiro atoms. The van der Waals surface area contributed by atoms with Crippen molar-refractivity contribution in [3.8, 4) is 23.0 Å². The molecular formula is C30H31F2NO4. The Kier molecular flexibility index (Phi) is 7.07. The van der Waals surface area contributed by atoms with Gasteiger partial charge in [0.05, 0.1) is 0 Å². The summed E-state index contributed by atoms with van der Waals surface area (Å²) in [5.74, 6) is 1.44. The van der Waals surface area contributed by atoms with Gasteiger partial charge in [-0.15, -0.1) is 0 Å². The highest BCUT2D eigenvalue weighted by Gasteiger charge is 2.34. The number of alkyl halides is 2. The molecule has 0 radical (unpaired) electrons. The van der Waals surface area contributed by atoms with Crippen molar-refractivity contribution in [2.24, 2.45) is 0 Å². The number of rotatable bonds is 7. The van der Waals surface area contributed by atoms with Gasteiger partial charge in [0.2, 0.25) is 0 Å². The van der Waals surface area contributed by atoms with Gasteiger partial charge in [0, 0.05) is 17.2 Å². The fraction of sp³-hybridized carbons (Fsp3) is 0.333. The van der Waals surface area contributed by atoms with E-state index in [9.17, 15) is 19.0 Å². The van der Waals surface area contributed by atoms with Gasteiger partial charge < -0.3 is 19.7 Å². The predicted molar refractivity (Wildman–Crippen MR) is 139 cm³/mol. The average Bonchev–Trinajstić information content (AvgIpc) is 3.30. The molecule has 194 valence electrons. The number of likely N-dealkylation sites (tertiary alicyclic amines) is 1. The number of hydrogen-bond acceptors (Lipinski definition) is 5. The molecule has 1 saturated heterocycles. The normalized spacial score (nSPS) is 20.6. The number of phenolic OH excluding ortho intramolecular Hbond substituents is 2. The van der Waals surface area contributed by atoms with Gasteiger partial charge in [0.15, 0.2) is 0 Å². The lowest BCUT2D eigenvalue weighted by Gasteiger charge is -2.31. The summed E-state index contributed by atoms with van der Waals surface area (Å²) in [5, 5.41) is 20.2. The number of benzene rings is 3. The van der Waals surface area contributed by atoms with Crippen LogP contribution in [0.1, 0.15) is 49.5 Å². The standard InChI is InChI=1S/C30H31F2NO4/c1-18-5-4-14-33(18)26(30(31)32)17-36-24-11-8-20(9-12-24)29-28(21-6-3-7-22(34)15-21)19(2)25-16-23(35)10-13-27(25)37-29/h3,6-13,15-16,18,26,29-30,34-35H,4-5,14,17H2,1-2H3. The third-order valence-electron chi connectivity index (χ3n) is 7.36. The second kappa shape index (κ2) is 10.4. The molecule has 1 fully saturated rings. The Morgan fingerprint density at radius 1 is 1.03 bits per heavy atom. The molecule has 0 bridgehead atoms. The molecule has 2 N–H and O–H groups in total. The first kappa shape index (κ1) is 25.1. The van der Waals surface area contributed by atoms with Gasteiger partial charge in [0.1, 0.15) is 41.8 Å². The van der Waals surface area contributed by atoms with Gasteiger partial charge in [0.25, 0.3) is 6.43 Å². The minimum absolute atomic E-state index is 0.0777. The van der Waals surface area contributed by atoms with Gasteiger partial charge in [-0.05, 0) is 92.4 Å². The third-order valence-corrected chi connectivity index (χ3v) is 7.36. The molecule has 3 aromatic rings. The molecule has 5 nitrogen and oxygen atoms in total. The topological polar surface area (TPSA) is 62.2 Å². The molecule has 37 heavy (non-hydrogen) atoms. The van der Waals surface area contributed by atoms with Crippen LogP contribution < -0.4 is 9.47 Å². The molecule has 0 saturated carbocycles. The van der Waals surface area contributed by atoms with Crippen LogP contribution >= 0.6 is 0 Å². The van der Waals surface area contributed by atoms with Crippen LogP contribution in [0.5, 0.6) is 23.0 Å². The van der Waals surface area contributed by atoms with E-state index in [4.69, 9.17) is 9.47 Å². The van der Waals surface area contributed by atoms with E-state index in [2.05, 4.69) is 0 Å². The molecule has 0 aromatic heterocycles. The average molecular weight is 508 g/mol. The first-order valence-corrected chi connectivity index (χ1v) is 12.6. The zero-order chi connectivity index (χ0) is 26.1. The number of aromatic hydroxyl groups is 2. The Hall–Kier alpha value is -3.58. The monoisotopic (exact) mass is 507 g/mol. The molecule has 3 aromatic carbocycles. The van der Waals surface area contributed by atoms with Crippen molar-refractivity contribution in [3.63, 3.8) is 0 Å². The van der Waals surface area contributed by atoms with Crippen molar-refractivity contribution in [2.45, 2.75) is 51.3 Å². The van der Waals surface area contributed by atoms with E-state index < -0.39 is 18.6 Å². The van der Waals surface area contributed by atoms with Crippen molar-refractivity contribution in [1.29, 1.82) is 0 Å². The highest BCUT2D eigenvalue weighted by atomic mass is 19.3. The minimum Gasteiger partial charge on any atom is -0.508 e. The molecule has 2 aliphatic rings. The van der Waals surface area contributed by atoms with Crippen molar-refractivity contribution >= 4 is 11.1 Å². The summed E-state index contributed by atoms with van der Waals surface area (Å²) in [7, 11) is 0. The first-order valence-electron chi connectivity index (χ1n) is 12.6. The quantitative estimate of drug-likeness (QED) is 0.375. The second-order valence-corrected chi connectivity index (χ2v) is 9.78. The second-order valence-electron chi connectivity index (χ2n) is 9.78. The van der Waals surface area contributed by atoms with Crippen LogP contribution in [-0.4, -0.2) is 46.8 Å². The number of fused-ring (bicyclic) bond motifs is 1. The molecule has 2 aliphatic heterocycles. The van der Waals surface area contributed by atoms with Crippen molar-refractivity contribution in [1.82, 2.24) is 4.90 Å². The zero-order valence-electron chi connectivity index (χ0n) is 20.9. The van der Waals surface area contributed by atoms with E-state index in [1.54, 1.807) is 48.5 Å². The van der Waals surface area contributed by atoms with Crippen LogP contribution in [0.15, 0.2) is 66.7 Å². The van der Waals surface area contributed by atoms with E-state index >= 15 is 0 Å². The fourth-order valence-electron chi connectivity index (χ4n) is 5.40. The predicted octanol–water partition coefficient (Wildman–Crippen LogP) is 6.66. The Bertz CT molecular complexity index is 1290. The third kappa shape index (κ3) is 5.14. The van der Waals surface area contributed by atoms with Gasteiger partial charge in [-0.2, -0.15) is 0 Å². The molecule has 0 amide bonds. The summed E-state index contributed by atoms with van der Waals surface area (Å²) in [6.45, 7) is 4.54. The lowest BCUT2D eigenvalue weighted by molar-refractivity contribution is -0.00220. The highest BCUT2D eigenvalue weighted by Crippen LogP contribution is 2.47. The number of halogens is 2. The number of phenols is 2. The summed E-state index contributed by atoms with van der Waals surface area (Å²) in [6.07, 6.45) is -1.10. The number of hydrogen-bond donors (Lipinski definition) is 2. The Morgan fingerprint density at radius 3 is 2.46 bits per heavy atom. The molecular weight excluding hydrogens is 476 g/mol. The molecule has 7 heteroatoms. The van der Waals surface area contributed by atoms with Crippen molar-refractivity contribution in [3.05, 3.63) is 83.4 Å². The lowest BCUT2D eigenvalue weighted by Crippen LogP contribution is -2.46.